The molecule has 1 spiro atoms. The Balaban J connectivity index is 1.30. The summed E-state index contributed by atoms with van der Waals surface area (Å²) in [4.78, 5) is 17.2. The van der Waals surface area contributed by atoms with Crippen LogP contribution in [0.4, 0.5) is 0 Å². The summed E-state index contributed by atoms with van der Waals surface area (Å²) in [5.74, 6) is 0.179. The molecule has 4 rings (SSSR count). The molecule has 0 bridgehead atoms. The highest BCUT2D eigenvalue weighted by atomic mass is 16.5. The van der Waals surface area contributed by atoms with Crippen molar-refractivity contribution in [3.63, 3.8) is 0 Å². The van der Waals surface area contributed by atoms with Crippen LogP contribution < -0.4 is 0 Å². The average molecular weight is 328 g/mol. The van der Waals surface area contributed by atoms with E-state index < -0.39 is 0 Å². The highest BCUT2D eigenvalue weighted by Crippen LogP contribution is 2.42. The third kappa shape index (κ3) is 3.35. The lowest BCUT2D eigenvalue weighted by molar-refractivity contribution is 0.0460. The maximum Gasteiger partial charge on any atom is 0.253 e. The van der Waals surface area contributed by atoms with Crippen LogP contribution in [0.3, 0.4) is 0 Å². The Morgan fingerprint density at radius 2 is 1.79 bits per heavy atom. The lowest BCUT2D eigenvalue weighted by Crippen LogP contribution is -2.43. The molecule has 0 aliphatic carbocycles. The van der Waals surface area contributed by atoms with E-state index in [1.807, 2.05) is 35.2 Å². The molecule has 4 nitrogen and oxygen atoms in total. The van der Waals surface area contributed by atoms with Crippen LogP contribution in [-0.4, -0.2) is 61.1 Å². The van der Waals surface area contributed by atoms with Crippen molar-refractivity contribution in [3.05, 3.63) is 35.9 Å². The summed E-state index contributed by atoms with van der Waals surface area (Å²) in [6.45, 7) is 6.22. The van der Waals surface area contributed by atoms with Gasteiger partial charge < -0.3 is 14.5 Å². The van der Waals surface area contributed by atoms with Crippen LogP contribution >= 0.6 is 0 Å². The molecule has 1 aromatic rings. The van der Waals surface area contributed by atoms with E-state index >= 15 is 0 Å². The second-order valence-corrected chi connectivity index (χ2v) is 7.80. The quantitative estimate of drug-likeness (QED) is 0.855. The fourth-order valence-corrected chi connectivity index (χ4v) is 4.56. The van der Waals surface area contributed by atoms with Crippen molar-refractivity contribution in [2.24, 2.45) is 5.41 Å². The molecule has 0 unspecified atom stereocenters. The van der Waals surface area contributed by atoms with Crippen LogP contribution in [0.5, 0.6) is 0 Å². The third-order valence-corrected chi connectivity index (χ3v) is 6.08. The summed E-state index contributed by atoms with van der Waals surface area (Å²) in [6.07, 6.45) is 6.43. The minimum Gasteiger partial charge on any atom is -0.376 e. The standard InChI is InChI=1S/C20H28N2O2/c23-19(17-6-2-1-3-7-17)22-12-8-20(9-13-22)14-18(24-16-20)15-21-10-4-5-11-21/h1-3,6-7,18H,4-5,8-16H2/t18-/m0/s1. The van der Waals surface area contributed by atoms with E-state index in [0.29, 0.717) is 11.5 Å². The smallest absolute Gasteiger partial charge is 0.253 e. The van der Waals surface area contributed by atoms with Gasteiger partial charge in [-0.2, -0.15) is 0 Å². The van der Waals surface area contributed by atoms with Crippen LogP contribution in [0.25, 0.3) is 0 Å². The van der Waals surface area contributed by atoms with Gasteiger partial charge in [0.05, 0.1) is 12.7 Å². The van der Waals surface area contributed by atoms with Gasteiger partial charge in [-0.25, -0.2) is 0 Å². The summed E-state index contributed by atoms with van der Waals surface area (Å²) in [7, 11) is 0. The molecule has 3 heterocycles. The van der Waals surface area contributed by atoms with E-state index in [2.05, 4.69) is 4.90 Å². The highest BCUT2D eigenvalue weighted by Gasteiger charge is 2.43. The third-order valence-electron chi connectivity index (χ3n) is 6.08. The van der Waals surface area contributed by atoms with Gasteiger partial charge in [-0.1, -0.05) is 18.2 Å². The van der Waals surface area contributed by atoms with Crippen LogP contribution in [0, 0.1) is 5.41 Å². The normalized spacial score (nSPS) is 27.0. The summed E-state index contributed by atoms with van der Waals surface area (Å²) >= 11 is 0. The number of nitrogens with zero attached hydrogens (tertiary/aromatic N) is 2. The second kappa shape index (κ2) is 6.85. The van der Waals surface area contributed by atoms with Gasteiger partial charge in [-0.15, -0.1) is 0 Å². The van der Waals surface area contributed by atoms with Crippen molar-refractivity contribution >= 4 is 5.91 Å². The molecule has 24 heavy (non-hydrogen) atoms. The van der Waals surface area contributed by atoms with Crippen LogP contribution in [0.2, 0.25) is 0 Å². The number of hydrogen-bond donors (Lipinski definition) is 0. The Kier molecular flexibility index (Phi) is 4.59. The molecule has 130 valence electrons. The Morgan fingerprint density at radius 1 is 1.08 bits per heavy atom. The van der Waals surface area contributed by atoms with Crippen molar-refractivity contribution in [2.45, 2.75) is 38.2 Å². The van der Waals surface area contributed by atoms with E-state index in [-0.39, 0.29) is 5.91 Å². The van der Waals surface area contributed by atoms with Gasteiger partial charge in [-0.05, 0) is 62.7 Å². The number of ether oxygens (including phenoxy) is 1. The molecule has 4 heteroatoms. The zero-order valence-corrected chi connectivity index (χ0v) is 14.5. The van der Waals surface area contributed by atoms with Gasteiger partial charge in [0.2, 0.25) is 0 Å². The Bertz CT molecular complexity index is 560. The van der Waals surface area contributed by atoms with Gasteiger partial charge in [0.15, 0.2) is 0 Å². The first-order valence-corrected chi connectivity index (χ1v) is 9.42. The number of carbonyl (C=O) groups is 1. The first kappa shape index (κ1) is 16.1. The first-order chi connectivity index (χ1) is 11.7. The molecule has 1 aromatic carbocycles. The van der Waals surface area contributed by atoms with E-state index in [9.17, 15) is 4.79 Å². The van der Waals surface area contributed by atoms with Crippen molar-refractivity contribution in [2.75, 3.05) is 39.3 Å². The topological polar surface area (TPSA) is 32.8 Å². The monoisotopic (exact) mass is 328 g/mol. The molecule has 0 radical (unpaired) electrons. The van der Waals surface area contributed by atoms with Gasteiger partial charge >= 0.3 is 0 Å². The molecule has 0 saturated carbocycles. The predicted molar refractivity (Wildman–Crippen MR) is 94.0 cm³/mol. The summed E-state index contributed by atoms with van der Waals surface area (Å²) in [5.41, 5.74) is 1.13. The van der Waals surface area contributed by atoms with E-state index in [4.69, 9.17) is 4.74 Å². The molecular weight excluding hydrogens is 300 g/mol. The van der Waals surface area contributed by atoms with E-state index in [1.54, 1.807) is 0 Å². The second-order valence-electron chi connectivity index (χ2n) is 7.80. The van der Waals surface area contributed by atoms with Crippen molar-refractivity contribution in [3.8, 4) is 0 Å². The number of piperidine rings is 1. The molecule has 3 fully saturated rings. The SMILES string of the molecule is O=C(c1ccccc1)N1CCC2(CC1)CO[C@H](CN1CCCC1)C2. The number of carbonyl (C=O) groups excluding carboxylic acids is 1. The van der Waals surface area contributed by atoms with Crippen molar-refractivity contribution in [1.82, 2.24) is 9.80 Å². The number of hydrogen-bond acceptors (Lipinski definition) is 3. The molecule has 3 aliphatic rings. The van der Waals surface area contributed by atoms with Gasteiger partial charge in [0.25, 0.3) is 5.91 Å². The van der Waals surface area contributed by atoms with Gasteiger partial charge in [-0.3, -0.25) is 4.79 Å². The molecule has 1 atom stereocenters. The molecular formula is C20H28N2O2. The van der Waals surface area contributed by atoms with Crippen molar-refractivity contribution in [1.29, 1.82) is 0 Å². The Hall–Kier alpha value is -1.39. The summed E-state index contributed by atoms with van der Waals surface area (Å²) in [6, 6.07) is 9.66. The number of benzene rings is 1. The first-order valence-electron chi connectivity index (χ1n) is 9.42. The molecule has 3 aliphatic heterocycles. The van der Waals surface area contributed by atoms with Crippen molar-refractivity contribution < 1.29 is 9.53 Å². The zero-order valence-electron chi connectivity index (χ0n) is 14.5. The lowest BCUT2D eigenvalue weighted by atomic mass is 9.76. The number of likely N-dealkylation sites (tertiary alicyclic amines) is 2. The maximum atomic E-state index is 12.6. The summed E-state index contributed by atoms with van der Waals surface area (Å²) < 4.78 is 6.14. The molecule has 0 aromatic heterocycles. The number of rotatable bonds is 3. The van der Waals surface area contributed by atoms with E-state index in [0.717, 1.165) is 44.6 Å². The van der Waals surface area contributed by atoms with E-state index in [1.165, 1.54) is 32.4 Å². The lowest BCUT2D eigenvalue weighted by Gasteiger charge is -2.38. The average Bonchev–Trinajstić information content (AvgIpc) is 3.27. The van der Waals surface area contributed by atoms with Gasteiger partial charge in [0.1, 0.15) is 0 Å². The molecule has 3 saturated heterocycles. The highest BCUT2D eigenvalue weighted by molar-refractivity contribution is 5.94. The predicted octanol–water partition coefficient (Wildman–Crippen LogP) is 2.79. The zero-order chi connectivity index (χ0) is 16.4. The maximum absolute atomic E-state index is 12.6. The summed E-state index contributed by atoms with van der Waals surface area (Å²) in [5, 5.41) is 0. The fraction of sp³-hybridized carbons (Fsp3) is 0.650. The minimum absolute atomic E-state index is 0.179. The fourth-order valence-electron chi connectivity index (χ4n) is 4.56. The molecule has 0 N–H and O–H groups in total. The minimum atomic E-state index is 0.179. The largest absolute Gasteiger partial charge is 0.376 e. The van der Waals surface area contributed by atoms with Gasteiger partial charge in [0, 0.05) is 25.2 Å². The van der Waals surface area contributed by atoms with Crippen LogP contribution in [-0.2, 0) is 4.74 Å². The van der Waals surface area contributed by atoms with Crippen LogP contribution in [0.1, 0.15) is 42.5 Å². The number of amides is 1. The Labute approximate surface area is 144 Å². The van der Waals surface area contributed by atoms with Crippen LogP contribution in [0.15, 0.2) is 30.3 Å². The Morgan fingerprint density at radius 3 is 2.50 bits per heavy atom. The molecule has 1 amide bonds.